The van der Waals surface area contributed by atoms with Crippen molar-refractivity contribution in [3.05, 3.63) is 77.9 Å². The van der Waals surface area contributed by atoms with Crippen LogP contribution in [0.4, 0.5) is 0 Å². The molecule has 28 heavy (non-hydrogen) atoms. The molecule has 1 amide bonds. The zero-order valence-corrected chi connectivity index (χ0v) is 15.6. The zero-order valence-electron chi connectivity index (χ0n) is 15.6. The van der Waals surface area contributed by atoms with Crippen LogP contribution in [0.5, 0.6) is 0 Å². The molecule has 0 fully saturated rings. The lowest BCUT2D eigenvalue weighted by Crippen LogP contribution is -2.40. The van der Waals surface area contributed by atoms with Crippen molar-refractivity contribution in [1.82, 2.24) is 20.2 Å². The van der Waals surface area contributed by atoms with Gasteiger partial charge in [0.1, 0.15) is 5.71 Å². The minimum absolute atomic E-state index is 0.219. The Morgan fingerprint density at radius 1 is 1.14 bits per heavy atom. The van der Waals surface area contributed by atoms with Gasteiger partial charge in [0.25, 0.3) is 5.91 Å². The van der Waals surface area contributed by atoms with Crippen molar-refractivity contribution < 1.29 is 9.59 Å². The average molecular weight is 373 g/mol. The van der Waals surface area contributed by atoms with Gasteiger partial charge in [-0.25, -0.2) is 10.1 Å². The van der Waals surface area contributed by atoms with Crippen LogP contribution in [0, 0.1) is 5.41 Å². The Morgan fingerprint density at radius 2 is 1.86 bits per heavy atom. The number of hydrogen-bond acceptors (Lipinski definition) is 5. The average Bonchev–Trinajstić information content (AvgIpc) is 3.11. The Bertz CT molecular complexity index is 1070. The molecule has 3 aromatic rings. The van der Waals surface area contributed by atoms with Crippen molar-refractivity contribution in [2.45, 2.75) is 20.3 Å². The van der Waals surface area contributed by atoms with E-state index in [2.05, 4.69) is 20.6 Å². The molecule has 140 valence electrons. The second kappa shape index (κ2) is 6.84. The lowest BCUT2D eigenvalue weighted by molar-refractivity contribution is 0.0954. The van der Waals surface area contributed by atoms with Crippen LogP contribution in [0.15, 0.2) is 66.2 Å². The molecule has 0 atom stereocenters. The van der Waals surface area contributed by atoms with Crippen LogP contribution in [0.2, 0.25) is 0 Å². The molecule has 0 spiro atoms. The Balaban J connectivity index is 1.66. The highest BCUT2D eigenvalue weighted by atomic mass is 16.2. The molecule has 0 radical (unpaired) electrons. The van der Waals surface area contributed by atoms with Crippen LogP contribution >= 0.6 is 0 Å². The number of pyridine rings is 1. The quantitative estimate of drug-likeness (QED) is 0.715. The van der Waals surface area contributed by atoms with Crippen LogP contribution in [-0.4, -0.2) is 32.2 Å². The number of para-hydroxylation sites is 1. The van der Waals surface area contributed by atoms with Crippen molar-refractivity contribution in [3.63, 3.8) is 0 Å². The number of nitrogens with zero attached hydrogens (tertiary/aromatic N) is 4. The van der Waals surface area contributed by atoms with Crippen LogP contribution in [0.1, 0.15) is 40.3 Å². The van der Waals surface area contributed by atoms with E-state index >= 15 is 0 Å². The van der Waals surface area contributed by atoms with E-state index in [0.29, 0.717) is 23.3 Å². The van der Waals surface area contributed by atoms with Crippen molar-refractivity contribution >= 4 is 17.4 Å². The van der Waals surface area contributed by atoms with E-state index in [1.54, 1.807) is 23.0 Å². The highest BCUT2D eigenvalue weighted by molar-refractivity contribution is 6.48. The van der Waals surface area contributed by atoms with E-state index < -0.39 is 5.41 Å². The third-order valence-corrected chi connectivity index (χ3v) is 4.79. The number of carbonyl (C=O) groups is 2. The maximum Gasteiger partial charge on any atom is 0.271 e. The van der Waals surface area contributed by atoms with Crippen molar-refractivity contribution in [2.24, 2.45) is 10.5 Å². The van der Waals surface area contributed by atoms with Gasteiger partial charge in [-0.2, -0.15) is 10.2 Å². The Labute approximate surface area is 162 Å². The highest BCUT2D eigenvalue weighted by Crippen LogP contribution is 2.34. The molecular weight excluding hydrogens is 354 g/mol. The number of aromatic nitrogens is 3. The van der Waals surface area contributed by atoms with Gasteiger partial charge < -0.3 is 0 Å². The fourth-order valence-corrected chi connectivity index (χ4v) is 3.34. The summed E-state index contributed by atoms with van der Waals surface area (Å²) in [5.41, 5.74) is 4.95. The molecule has 0 saturated heterocycles. The molecule has 0 aliphatic heterocycles. The molecule has 7 heteroatoms. The second-order valence-electron chi connectivity index (χ2n) is 7.28. The van der Waals surface area contributed by atoms with E-state index in [-0.39, 0.29) is 11.7 Å². The number of nitrogens with one attached hydrogen (secondary N) is 1. The maximum absolute atomic E-state index is 13.1. The van der Waals surface area contributed by atoms with Gasteiger partial charge in [0.05, 0.1) is 23.1 Å². The number of hydrogen-bond donors (Lipinski definition) is 1. The molecule has 2 aromatic heterocycles. The van der Waals surface area contributed by atoms with Crippen molar-refractivity contribution in [1.29, 1.82) is 0 Å². The summed E-state index contributed by atoms with van der Waals surface area (Å²) >= 11 is 0. The van der Waals surface area contributed by atoms with Gasteiger partial charge in [-0.1, -0.05) is 32.0 Å². The first-order chi connectivity index (χ1) is 13.5. The van der Waals surface area contributed by atoms with Crippen molar-refractivity contribution in [3.8, 4) is 5.69 Å². The summed E-state index contributed by atoms with van der Waals surface area (Å²) in [7, 11) is 0. The number of rotatable bonds is 3. The van der Waals surface area contributed by atoms with Gasteiger partial charge in [0, 0.05) is 29.8 Å². The van der Waals surface area contributed by atoms with Crippen molar-refractivity contribution in [2.75, 3.05) is 0 Å². The van der Waals surface area contributed by atoms with Crippen LogP contribution < -0.4 is 5.43 Å². The van der Waals surface area contributed by atoms with E-state index in [4.69, 9.17) is 0 Å². The number of ketones is 1. The Hall–Kier alpha value is -3.61. The minimum atomic E-state index is -0.553. The number of Topliss-reactive ketones (excluding diaryl/α,β-unsaturated/α-hetero) is 1. The summed E-state index contributed by atoms with van der Waals surface area (Å²) in [5.74, 6) is -0.604. The first-order valence-electron chi connectivity index (χ1n) is 8.93. The van der Waals surface area contributed by atoms with Gasteiger partial charge >= 0.3 is 0 Å². The number of fused-ring (bicyclic) bond motifs is 1. The lowest BCUT2D eigenvalue weighted by Gasteiger charge is -2.30. The van der Waals surface area contributed by atoms with E-state index in [1.165, 1.54) is 12.4 Å². The summed E-state index contributed by atoms with van der Waals surface area (Å²) in [4.78, 5) is 29.2. The lowest BCUT2D eigenvalue weighted by atomic mass is 9.74. The molecule has 2 heterocycles. The van der Waals surface area contributed by atoms with Gasteiger partial charge in [0.15, 0.2) is 0 Å². The second-order valence-corrected chi connectivity index (χ2v) is 7.28. The molecule has 1 aliphatic rings. The minimum Gasteiger partial charge on any atom is -0.287 e. The predicted molar refractivity (Wildman–Crippen MR) is 105 cm³/mol. The number of hydrazone groups is 1. The molecule has 1 N–H and O–H groups in total. The summed E-state index contributed by atoms with van der Waals surface area (Å²) in [6.45, 7) is 3.88. The molecule has 0 unspecified atom stereocenters. The highest BCUT2D eigenvalue weighted by Gasteiger charge is 2.40. The normalized spacial score (nSPS) is 16.6. The van der Waals surface area contributed by atoms with E-state index in [1.807, 2.05) is 44.2 Å². The third-order valence-electron chi connectivity index (χ3n) is 4.79. The van der Waals surface area contributed by atoms with Crippen LogP contribution in [-0.2, 0) is 6.42 Å². The smallest absolute Gasteiger partial charge is 0.271 e. The topological polar surface area (TPSA) is 89.2 Å². The predicted octanol–water partition coefficient (Wildman–Crippen LogP) is 2.82. The summed E-state index contributed by atoms with van der Waals surface area (Å²) < 4.78 is 1.79. The first-order valence-corrected chi connectivity index (χ1v) is 8.93. The maximum atomic E-state index is 13.1. The van der Waals surface area contributed by atoms with Crippen LogP contribution in [0.3, 0.4) is 0 Å². The van der Waals surface area contributed by atoms with E-state index in [9.17, 15) is 9.59 Å². The monoisotopic (exact) mass is 373 g/mol. The first kappa shape index (κ1) is 17.8. The van der Waals surface area contributed by atoms with Gasteiger partial charge in [-0.3, -0.25) is 14.6 Å². The number of carbonyl (C=O) groups excluding carboxylic acids is 2. The zero-order chi connectivity index (χ0) is 19.7. The molecule has 0 saturated carbocycles. The fraction of sp³-hybridized carbons (Fsp3) is 0.190. The summed E-state index contributed by atoms with van der Waals surface area (Å²) in [6, 6.07) is 12.9. The Kier molecular flexibility index (Phi) is 4.35. The SMILES string of the molecule is CC1(C)Cc2c(cnn2-c2ccccc2)C(=O)C1=NNC(=O)c1ccncc1. The van der Waals surface area contributed by atoms with Gasteiger partial charge in [0.2, 0.25) is 5.78 Å². The third kappa shape index (κ3) is 3.11. The summed E-state index contributed by atoms with van der Waals surface area (Å²) in [5, 5.41) is 8.59. The van der Waals surface area contributed by atoms with Gasteiger partial charge in [-0.15, -0.1) is 0 Å². The largest absolute Gasteiger partial charge is 0.287 e. The summed E-state index contributed by atoms with van der Waals surface area (Å²) in [6.07, 6.45) is 5.21. The number of amides is 1. The molecule has 7 nitrogen and oxygen atoms in total. The van der Waals surface area contributed by atoms with Crippen LogP contribution in [0.25, 0.3) is 5.69 Å². The fourth-order valence-electron chi connectivity index (χ4n) is 3.34. The van der Waals surface area contributed by atoms with Gasteiger partial charge in [-0.05, 0) is 24.3 Å². The standard InChI is InChI=1S/C21H19N5O2/c1-21(2)12-17-16(13-23-26(17)15-6-4-3-5-7-15)18(27)19(21)24-25-20(28)14-8-10-22-11-9-14/h3-11,13H,12H2,1-2H3,(H,25,28). The van der Waals surface area contributed by atoms with E-state index in [0.717, 1.165) is 11.4 Å². The number of benzene rings is 1. The molecule has 4 rings (SSSR count). The molecule has 1 aromatic carbocycles. The molecule has 1 aliphatic carbocycles. The Morgan fingerprint density at radius 3 is 2.57 bits per heavy atom. The molecule has 0 bridgehead atoms. The molecular formula is C21H19N5O2.